The Morgan fingerprint density at radius 1 is 1.00 bits per heavy atom. The van der Waals surface area contributed by atoms with Crippen LogP contribution >= 0.6 is 0 Å². The molecule has 45 heavy (non-hydrogen) atoms. The molecule has 0 bridgehead atoms. The first-order valence-electron chi connectivity index (χ1n) is 14.4. The van der Waals surface area contributed by atoms with Gasteiger partial charge in [-0.25, -0.2) is 14.4 Å². The van der Waals surface area contributed by atoms with Gasteiger partial charge in [0.15, 0.2) is 5.83 Å². The smallest absolute Gasteiger partial charge is 0.284 e. The molecule has 2 heterocycles. The number of fused-ring (bicyclic) bond motifs is 1. The summed E-state index contributed by atoms with van der Waals surface area (Å²) in [5.41, 5.74) is 2.83. The second-order valence-corrected chi connectivity index (χ2v) is 10.7. The molecular weight excluding hydrogens is 579 g/mol. The summed E-state index contributed by atoms with van der Waals surface area (Å²) in [6.07, 6.45) is 4.51. The van der Waals surface area contributed by atoms with Gasteiger partial charge in [0.1, 0.15) is 35.1 Å². The first kappa shape index (κ1) is 31.2. The minimum atomic E-state index is -0.866. The van der Waals surface area contributed by atoms with Gasteiger partial charge in [-0.3, -0.25) is 14.5 Å². The number of nitrogens with one attached hydrogen (secondary N) is 3. The van der Waals surface area contributed by atoms with Crippen LogP contribution in [-0.4, -0.2) is 60.5 Å². The fourth-order valence-electron chi connectivity index (χ4n) is 5.16. The average molecular weight is 615 g/mol. The van der Waals surface area contributed by atoms with Crippen LogP contribution in [0.4, 0.5) is 27.3 Å². The van der Waals surface area contributed by atoms with Crippen molar-refractivity contribution in [3.8, 4) is 23.0 Å². The number of likely N-dealkylation sites (N-methyl/N-ethyl adjacent to an activating group) is 1. The van der Waals surface area contributed by atoms with E-state index in [-0.39, 0.29) is 17.6 Å². The second kappa shape index (κ2) is 13.6. The van der Waals surface area contributed by atoms with Crippen molar-refractivity contribution in [3.05, 3.63) is 72.3 Å². The number of carbonyl (C=O) groups is 2. The van der Waals surface area contributed by atoms with Crippen LogP contribution in [-0.2, 0) is 9.59 Å². The number of benzene rings is 3. The van der Waals surface area contributed by atoms with Crippen molar-refractivity contribution in [2.45, 2.75) is 32.7 Å². The summed E-state index contributed by atoms with van der Waals surface area (Å²) in [5.74, 6) is 0.420. The molecule has 11 nitrogen and oxygen atoms in total. The van der Waals surface area contributed by atoms with Gasteiger partial charge in [0.2, 0.25) is 5.91 Å². The summed E-state index contributed by atoms with van der Waals surface area (Å²) >= 11 is 0. The number of amides is 2. The number of nitrogens with zero attached hydrogens (tertiary/aromatic N) is 3. The maximum absolute atomic E-state index is 14.9. The molecule has 3 N–H and O–H groups in total. The summed E-state index contributed by atoms with van der Waals surface area (Å²) < 4.78 is 32.2. The van der Waals surface area contributed by atoms with E-state index in [2.05, 4.69) is 25.9 Å². The van der Waals surface area contributed by atoms with Crippen LogP contribution in [0.1, 0.15) is 25.3 Å². The van der Waals surface area contributed by atoms with Crippen LogP contribution in [0.5, 0.6) is 23.0 Å². The first-order valence-corrected chi connectivity index (χ1v) is 14.4. The molecule has 1 unspecified atom stereocenters. The van der Waals surface area contributed by atoms with Crippen LogP contribution in [0.15, 0.2) is 66.8 Å². The number of anilines is 4. The molecule has 2 amide bonds. The van der Waals surface area contributed by atoms with Crippen LogP contribution in [0.3, 0.4) is 0 Å². The lowest BCUT2D eigenvalue weighted by molar-refractivity contribution is -0.115. The fraction of sp³-hybridized carbons (Fsp3) is 0.273. The summed E-state index contributed by atoms with van der Waals surface area (Å²) in [4.78, 5) is 35.1. The highest BCUT2D eigenvalue weighted by molar-refractivity contribution is 6.05. The SMILES string of the molecule is COc1cc2ncnc(Nc3cc(C)c(Oc4cccc(NC(C)=O)c4)cc3OC)c2cc1NC(=O)/C(F)=C/C1CCCN1C. The lowest BCUT2D eigenvalue weighted by Crippen LogP contribution is -2.24. The van der Waals surface area contributed by atoms with E-state index in [4.69, 9.17) is 14.2 Å². The third-order valence-electron chi connectivity index (χ3n) is 7.47. The number of aromatic nitrogens is 2. The van der Waals surface area contributed by atoms with Crippen molar-refractivity contribution in [2.75, 3.05) is 43.8 Å². The van der Waals surface area contributed by atoms with E-state index in [9.17, 15) is 14.0 Å². The molecule has 1 aliphatic heterocycles. The van der Waals surface area contributed by atoms with Crippen molar-refractivity contribution in [3.63, 3.8) is 0 Å². The van der Waals surface area contributed by atoms with E-state index in [0.717, 1.165) is 24.9 Å². The molecule has 1 fully saturated rings. The molecular formula is C33H35FN6O5. The van der Waals surface area contributed by atoms with Crippen LogP contribution < -0.4 is 30.2 Å². The monoisotopic (exact) mass is 614 g/mol. The largest absolute Gasteiger partial charge is 0.494 e. The lowest BCUT2D eigenvalue weighted by Gasteiger charge is -2.17. The molecule has 5 rings (SSSR count). The van der Waals surface area contributed by atoms with E-state index >= 15 is 0 Å². The molecule has 0 aliphatic carbocycles. The number of halogens is 1. The van der Waals surface area contributed by atoms with Gasteiger partial charge in [-0.2, -0.15) is 0 Å². The highest BCUT2D eigenvalue weighted by Crippen LogP contribution is 2.39. The molecule has 12 heteroatoms. The van der Waals surface area contributed by atoms with Gasteiger partial charge >= 0.3 is 0 Å². The molecule has 0 radical (unpaired) electrons. The zero-order chi connectivity index (χ0) is 32.1. The third-order valence-corrected chi connectivity index (χ3v) is 7.47. The number of hydrogen-bond acceptors (Lipinski definition) is 9. The van der Waals surface area contributed by atoms with Gasteiger partial charge in [0.25, 0.3) is 5.91 Å². The lowest BCUT2D eigenvalue weighted by atomic mass is 10.1. The number of carbonyl (C=O) groups excluding carboxylic acids is 2. The van der Waals surface area contributed by atoms with Gasteiger partial charge < -0.3 is 30.2 Å². The zero-order valence-corrected chi connectivity index (χ0v) is 25.7. The Morgan fingerprint density at radius 3 is 2.49 bits per heavy atom. The summed E-state index contributed by atoms with van der Waals surface area (Å²) in [5, 5.41) is 9.24. The minimum absolute atomic E-state index is 0.123. The van der Waals surface area contributed by atoms with Gasteiger partial charge in [0, 0.05) is 42.2 Å². The summed E-state index contributed by atoms with van der Waals surface area (Å²) in [7, 11) is 4.91. The Labute approximate surface area is 260 Å². The predicted octanol–water partition coefficient (Wildman–Crippen LogP) is 6.34. The predicted molar refractivity (Wildman–Crippen MR) is 171 cm³/mol. The molecule has 1 aromatic heterocycles. The molecule has 1 aliphatic rings. The maximum atomic E-state index is 14.9. The molecule has 1 saturated heterocycles. The van der Waals surface area contributed by atoms with Gasteiger partial charge in [-0.1, -0.05) is 6.07 Å². The Hall–Kier alpha value is -5.23. The molecule has 0 saturated carbocycles. The number of methoxy groups -OCH3 is 2. The maximum Gasteiger partial charge on any atom is 0.284 e. The average Bonchev–Trinajstić information content (AvgIpc) is 3.41. The first-order chi connectivity index (χ1) is 21.6. The second-order valence-electron chi connectivity index (χ2n) is 10.7. The van der Waals surface area contributed by atoms with Gasteiger partial charge in [-0.15, -0.1) is 0 Å². The van der Waals surface area contributed by atoms with Crippen LogP contribution in [0.25, 0.3) is 10.9 Å². The topological polar surface area (TPSA) is 127 Å². The van der Waals surface area contributed by atoms with Crippen molar-refractivity contribution >= 4 is 45.6 Å². The van der Waals surface area contributed by atoms with Crippen molar-refractivity contribution in [2.24, 2.45) is 0 Å². The Balaban J connectivity index is 1.42. The van der Waals surface area contributed by atoms with E-state index in [1.54, 1.807) is 49.6 Å². The Kier molecular flexibility index (Phi) is 9.43. The molecule has 3 aromatic carbocycles. The Bertz CT molecular complexity index is 1780. The Morgan fingerprint density at radius 2 is 1.78 bits per heavy atom. The van der Waals surface area contributed by atoms with Gasteiger partial charge in [-0.05, 0) is 69.3 Å². The van der Waals surface area contributed by atoms with Crippen molar-refractivity contribution < 1.29 is 28.2 Å². The fourth-order valence-corrected chi connectivity index (χ4v) is 5.16. The molecule has 0 spiro atoms. The number of aryl methyl sites for hydroxylation is 1. The van der Waals surface area contributed by atoms with E-state index in [1.807, 2.05) is 24.9 Å². The van der Waals surface area contributed by atoms with Crippen LogP contribution in [0, 0.1) is 6.92 Å². The normalized spacial score (nSPS) is 15.1. The number of ether oxygens (including phenoxy) is 3. The zero-order valence-electron chi connectivity index (χ0n) is 25.7. The molecule has 4 aromatic rings. The highest BCUT2D eigenvalue weighted by Gasteiger charge is 2.22. The summed E-state index contributed by atoms with van der Waals surface area (Å²) in [6, 6.07) is 13.8. The standard InChI is InChI=1S/C33H35FN6O5/c1-19-12-27(31(44-5)17-29(19)45-23-10-6-8-21(13-23)37-20(2)41)38-32-24-15-28(30(43-4)16-26(24)35-18-36-32)39-33(42)25(34)14-22-9-7-11-40(22)3/h6,8,10,12-18,22H,7,9,11H2,1-5H3,(H,37,41)(H,39,42)(H,35,36,38)/b25-14-. The van der Waals surface area contributed by atoms with E-state index < -0.39 is 11.7 Å². The molecule has 1 atom stereocenters. The van der Waals surface area contributed by atoms with Crippen molar-refractivity contribution in [1.29, 1.82) is 0 Å². The quantitative estimate of drug-likeness (QED) is 0.176. The van der Waals surface area contributed by atoms with Crippen molar-refractivity contribution in [1.82, 2.24) is 14.9 Å². The van der Waals surface area contributed by atoms with Crippen LogP contribution in [0.2, 0.25) is 0 Å². The highest BCUT2D eigenvalue weighted by atomic mass is 19.1. The van der Waals surface area contributed by atoms with E-state index in [0.29, 0.717) is 51.1 Å². The minimum Gasteiger partial charge on any atom is -0.494 e. The van der Waals surface area contributed by atoms with E-state index in [1.165, 1.54) is 26.4 Å². The number of hydrogen-bond donors (Lipinski definition) is 3. The number of rotatable bonds is 10. The summed E-state index contributed by atoms with van der Waals surface area (Å²) in [6.45, 7) is 4.19. The third kappa shape index (κ3) is 7.29. The molecule has 234 valence electrons. The number of likely N-dealkylation sites (tertiary alicyclic amines) is 1. The van der Waals surface area contributed by atoms with Gasteiger partial charge in [0.05, 0.1) is 31.1 Å².